The Bertz CT molecular complexity index is 148. The van der Waals surface area contributed by atoms with Crippen LogP contribution in [0.2, 0.25) is 0 Å². The van der Waals surface area contributed by atoms with Crippen LogP contribution in [0.25, 0.3) is 0 Å². The van der Waals surface area contributed by atoms with Crippen LogP contribution in [0.15, 0.2) is 4.99 Å². The molecule has 0 spiro atoms. The first kappa shape index (κ1) is 8.76. The molecule has 0 aromatic heterocycles. The van der Waals surface area contributed by atoms with Crippen molar-refractivity contribution in [3.05, 3.63) is 0 Å². The van der Waals surface area contributed by atoms with Gasteiger partial charge in [0.05, 0.1) is 5.54 Å². The quantitative estimate of drug-likeness (QED) is 0.578. The van der Waals surface area contributed by atoms with Crippen molar-refractivity contribution in [3.63, 3.8) is 0 Å². The maximum absolute atomic E-state index is 4.64. The molecule has 0 aliphatic carbocycles. The summed E-state index contributed by atoms with van der Waals surface area (Å²) in [7, 11) is 0. The molecule has 1 aliphatic heterocycles. The third-order valence-corrected chi connectivity index (χ3v) is 3.01. The van der Waals surface area contributed by atoms with Gasteiger partial charge in [-0.25, -0.2) is 0 Å². The highest BCUT2D eigenvalue weighted by molar-refractivity contribution is 5.61. The molecule has 0 unspecified atom stereocenters. The second-order valence-electron chi connectivity index (χ2n) is 4.15. The number of nitrogens with zero attached hydrogens (tertiary/aromatic N) is 1. The molecule has 1 heterocycles. The van der Waals surface area contributed by atoms with E-state index in [0.29, 0.717) is 11.8 Å². The first-order valence-electron chi connectivity index (χ1n) is 4.63. The molecule has 0 N–H and O–H groups in total. The number of hydrogen-bond acceptors (Lipinski definition) is 1. The minimum atomic E-state index is 0.264. The Morgan fingerprint density at radius 2 is 1.73 bits per heavy atom. The highest BCUT2D eigenvalue weighted by Gasteiger charge is 2.37. The van der Waals surface area contributed by atoms with Gasteiger partial charge in [0.2, 0.25) is 0 Å². The molecular formula is C10H19N. The van der Waals surface area contributed by atoms with Crippen LogP contribution in [-0.4, -0.2) is 11.8 Å². The lowest BCUT2D eigenvalue weighted by molar-refractivity contribution is 0.227. The topological polar surface area (TPSA) is 12.4 Å². The van der Waals surface area contributed by atoms with E-state index in [-0.39, 0.29) is 5.54 Å². The molecule has 0 aromatic carbocycles. The minimum absolute atomic E-state index is 0.264. The lowest BCUT2D eigenvalue weighted by atomic mass is 9.76. The summed E-state index contributed by atoms with van der Waals surface area (Å²) in [5.74, 6) is 1.36. The molecular weight excluding hydrogens is 134 g/mol. The number of hydrogen-bond donors (Lipinski definition) is 0. The molecule has 1 aliphatic rings. The Morgan fingerprint density at radius 3 is 1.91 bits per heavy atom. The monoisotopic (exact) mass is 153 g/mol. The summed E-state index contributed by atoms with van der Waals surface area (Å²) in [6.07, 6.45) is 4.53. The van der Waals surface area contributed by atoms with Gasteiger partial charge < -0.3 is 0 Å². The fraction of sp³-hybridized carbons (Fsp3) is 0.900. The van der Waals surface area contributed by atoms with Gasteiger partial charge in [-0.1, -0.05) is 27.7 Å². The lowest BCUT2D eigenvalue weighted by Crippen LogP contribution is -2.36. The van der Waals surface area contributed by atoms with Gasteiger partial charge in [0, 0.05) is 0 Å². The molecule has 0 fully saturated rings. The fourth-order valence-corrected chi connectivity index (χ4v) is 2.14. The Labute approximate surface area is 69.9 Å². The Morgan fingerprint density at radius 1 is 1.18 bits per heavy atom. The van der Waals surface area contributed by atoms with Crippen LogP contribution in [-0.2, 0) is 0 Å². The van der Waals surface area contributed by atoms with Crippen LogP contribution in [0.1, 0.15) is 40.5 Å². The summed E-state index contributed by atoms with van der Waals surface area (Å²) in [4.78, 5) is 4.64. The second-order valence-corrected chi connectivity index (χ2v) is 4.15. The van der Waals surface area contributed by atoms with Gasteiger partial charge >= 0.3 is 0 Å². The summed E-state index contributed by atoms with van der Waals surface area (Å²) in [6, 6.07) is 0. The molecule has 11 heavy (non-hydrogen) atoms. The zero-order valence-corrected chi connectivity index (χ0v) is 8.09. The molecule has 1 nitrogen and oxygen atoms in total. The zero-order valence-electron chi connectivity index (χ0n) is 8.09. The molecule has 0 saturated heterocycles. The van der Waals surface area contributed by atoms with Crippen molar-refractivity contribution < 1.29 is 0 Å². The van der Waals surface area contributed by atoms with Crippen molar-refractivity contribution in [2.24, 2.45) is 16.8 Å². The van der Waals surface area contributed by atoms with Gasteiger partial charge in [0.25, 0.3) is 0 Å². The summed E-state index contributed by atoms with van der Waals surface area (Å²) in [5, 5.41) is 0. The average Bonchev–Trinajstić information content (AvgIpc) is 2.34. The lowest BCUT2D eigenvalue weighted by Gasteiger charge is -2.34. The number of aliphatic imine (C=N–C) groups is 1. The predicted molar refractivity (Wildman–Crippen MR) is 50.1 cm³/mol. The Balaban J connectivity index is 2.80. The molecule has 0 saturated carbocycles. The van der Waals surface area contributed by atoms with Crippen LogP contribution < -0.4 is 0 Å². The summed E-state index contributed by atoms with van der Waals surface area (Å²) in [5.41, 5.74) is 0.264. The minimum Gasteiger partial charge on any atom is -0.290 e. The van der Waals surface area contributed by atoms with Gasteiger partial charge in [-0.15, -0.1) is 0 Å². The van der Waals surface area contributed by atoms with Crippen molar-refractivity contribution in [1.82, 2.24) is 0 Å². The van der Waals surface area contributed by atoms with Gasteiger partial charge in [0.1, 0.15) is 0 Å². The van der Waals surface area contributed by atoms with Gasteiger partial charge in [0.15, 0.2) is 0 Å². The molecule has 0 aromatic rings. The van der Waals surface area contributed by atoms with E-state index in [1.165, 1.54) is 12.8 Å². The van der Waals surface area contributed by atoms with E-state index in [2.05, 4.69) is 38.9 Å². The van der Waals surface area contributed by atoms with E-state index >= 15 is 0 Å². The van der Waals surface area contributed by atoms with E-state index in [4.69, 9.17) is 0 Å². The van der Waals surface area contributed by atoms with E-state index < -0.39 is 0 Å². The molecule has 0 bridgehead atoms. The van der Waals surface area contributed by atoms with Crippen LogP contribution >= 0.6 is 0 Å². The van der Waals surface area contributed by atoms with Crippen molar-refractivity contribution in [2.45, 2.75) is 46.1 Å². The normalized spacial score (nSPS) is 22.0. The summed E-state index contributed by atoms with van der Waals surface area (Å²) >= 11 is 0. The predicted octanol–water partition coefficient (Wildman–Crippen LogP) is 2.90. The van der Waals surface area contributed by atoms with Crippen LogP contribution in [0.5, 0.6) is 0 Å². The molecule has 1 rings (SSSR count). The van der Waals surface area contributed by atoms with Crippen molar-refractivity contribution >= 4 is 6.21 Å². The van der Waals surface area contributed by atoms with Gasteiger partial charge in [-0.05, 0) is 30.9 Å². The zero-order chi connectivity index (χ0) is 8.48. The molecule has 0 radical (unpaired) electrons. The molecule has 0 amide bonds. The van der Waals surface area contributed by atoms with Gasteiger partial charge in [-0.2, -0.15) is 0 Å². The van der Waals surface area contributed by atoms with Crippen molar-refractivity contribution in [3.8, 4) is 0 Å². The molecule has 64 valence electrons. The maximum atomic E-state index is 4.64. The highest BCUT2D eigenvalue weighted by Crippen LogP contribution is 2.37. The molecule has 0 atom stereocenters. The van der Waals surface area contributed by atoms with Crippen LogP contribution in [0.3, 0.4) is 0 Å². The van der Waals surface area contributed by atoms with E-state index in [9.17, 15) is 0 Å². The first-order valence-corrected chi connectivity index (χ1v) is 4.63. The maximum Gasteiger partial charge on any atom is 0.0653 e. The smallest absolute Gasteiger partial charge is 0.0653 e. The molecule has 1 heteroatoms. The van der Waals surface area contributed by atoms with Crippen molar-refractivity contribution in [2.75, 3.05) is 0 Å². The number of rotatable bonds is 2. The Kier molecular flexibility index (Phi) is 2.36. The summed E-state index contributed by atoms with van der Waals surface area (Å²) < 4.78 is 0. The third-order valence-electron chi connectivity index (χ3n) is 3.01. The van der Waals surface area contributed by atoms with Crippen LogP contribution in [0, 0.1) is 11.8 Å². The van der Waals surface area contributed by atoms with E-state index in [1.54, 1.807) is 0 Å². The highest BCUT2D eigenvalue weighted by atomic mass is 14.9. The van der Waals surface area contributed by atoms with E-state index in [0.717, 1.165) is 0 Å². The first-order chi connectivity index (χ1) is 5.09. The summed E-state index contributed by atoms with van der Waals surface area (Å²) in [6.45, 7) is 9.12. The average molecular weight is 153 g/mol. The van der Waals surface area contributed by atoms with E-state index in [1.807, 2.05) is 0 Å². The fourth-order valence-electron chi connectivity index (χ4n) is 2.14. The SMILES string of the molecule is CC(C)C1(C(C)C)CCC=N1. The largest absolute Gasteiger partial charge is 0.290 e. The third kappa shape index (κ3) is 1.33. The van der Waals surface area contributed by atoms with Crippen molar-refractivity contribution in [1.29, 1.82) is 0 Å². The van der Waals surface area contributed by atoms with Crippen LogP contribution in [0.4, 0.5) is 0 Å². The standard InChI is InChI=1S/C10H19N/c1-8(2)10(9(3)4)6-5-7-11-10/h7-9H,5-6H2,1-4H3. The van der Waals surface area contributed by atoms with Gasteiger partial charge in [-0.3, -0.25) is 4.99 Å². The Hall–Kier alpha value is -0.330. The second kappa shape index (κ2) is 2.96.